The Morgan fingerprint density at radius 2 is 1.62 bits per heavy atom. The second kappa shape index (κ2) is 8.41. The van der Waals surface area contributed by atoms with Gasteiger partial charge in [0.2, 0.25) is 5.88 Å². The molecule has 0 fully saturated rings. The number of nitrogens with one attached hydrogen (secondary N) is 1. The molecule has 4 rings (SSSR count). The minimum Gasteiger partial charge on any atom is -0.467 e. The maximum Gasteiger partial charge on any atom is 0.258 e. The van der Waals surface area contributed by atoms with Crippen molar-refractivity contribution in [2.24, 2.45) is 0 Å². The van der Waals surface area contributed by atoms with E-state index in [2.05, 4.69) is 15.3 Å². The third kappa shape index (κ3) is 4.12. The van der Waals surface area contributed by atoms with Crippen LogP contribution in [0.2, 0.25) is 0 Å². The molecule has 0 atom stereocenters. The van der Waals surface area contributed by atoms with E-state index in [1.54, 1.807) is 11.3 Å². The molecule has 0 radical (unpaired) electrons. The fourth-order valence-electron chi connectivity index (χ4n) is 3.25. The Labute approximate surface area is 173 Å². The minimum absolute atomic E-state index is 0.114. The van der Waals surface area contributed by atoms with Crippen LogP contribution in [0.15, 0.2) is 67.0 Å². The summed E-state index contributed by atoms with van der Waals surface area (Å²) in [6.45, 7) is 3.95. The standard InChI is InChI=1S/C23H21N3O2S/c1-15-16(2)29-23-20(15)22(24-14-25-23)28-13-19(27)26-21(17-9-5-3-6-10-17)18-11-7-4-8-12-18/h3-12,14,21H,13H2,1-2H3,(H,26,27). The summed E-state index contributed by atoms with van der Waals surface area (Å²) in [7, 11) is 0. The van der Waals surface area contributed by atoms with E-state index in [1.165, 1.54) is 11.2 Å². The van der Waals surface area contributed by atoms with Crippen molar-refractivity contribution in [3.05, 3.63) is 88.6 Å². The molecule has 2 aromatic carbocycles. The van der Waals surface area contributed by atoms with Gasteiger partial charge in [-0.25, -0.2) is 9.97 Å². The molecular weight excluding hydrogens is 382 g/mol. The Kier molecular flexibility index (Phi) is 5.53. The summed E-state index contributed by atoms with van der Waals surface area (Å²) in [5.74, 6) is 0.238. The first-order valence-corrected chi connectivity index (χ1v) is 10.2. The van der Waals surface area contributed by atoms with Crippen LogP contribution in [0.1, 0.15) is 27.6 Å². The molecule has 1 N–H and O–H groups in total. The number of fused-ring (bicyclic) bond motifs is 1. The van der Waals surface area contributed by atoms with E-state index in [-0.39, 0.29) is 18.6 Å². The van der Waals surface area contributed by atoms with E-state index in [9.17, 15) is 4.79 Å². The van der Waals surface area contributed by atoms with Crippen LogP contribution in [0, 0.1) is 13.8 Å². The summed E-state index contributed by atoms with van der Waals surface area (Å²) >= 11 is 1.60. The SMILES string of the molecule is Cc1sc2ncnc(OCC(=O)NC(c3ccccc3)c3ccccc3)c2c1C. The molecule has 0 aliphatic rings. The zero-order valence-electron chi connectivity index (χ0n) is 16.3. The fraction of sp³-hybridized carbons (Fsp3) is 0.174. The predicted molar refractivity (Wildman–Crippen MR) is 115 cm³/mol. The smallest absolute Gasteiger partial charge is 0.258 e. The molecule has 29 heavy (non-hydrogen) atoms. The van der Waals surface area contributed by atoms with Gasteiger partial charge in [0.15, 0.2) is 6.61 Å². The van der Waals surface area contributed by atoms with Crippen LogP contribution in [0.3, 0.4) is 0 Å². The predicted octanol–water partition coefficient (Wildman–Crippen LogP) is 4.59. The first-order chi connectivity index (χ1) is 14.1. The highest BCUT2D eigenvalue weighted by molar-refractivity contribution is 7.18. The molecule has 2 heterocycles. The van der Waals surface area contributed by atoms with Crippen molar-refractivity contribution in [2.75, 3.05) is 6.61 Å². The van der Waals surface area contributed by atoms with Gasteiger partial charge in [0.1, 0.15) is 11.2 Å². The Morgan fingerprint density at radius 3 is 2.24 bits per heavy atom. The minimum atomic E-state index is -0.246. The number of aryl methyl sites for hydroxylation is 2. The van der Waals surface area contributed by atoms with Gasteiger partial charge < -0.3 is 10.1 Å². The molecule has 5 nitrogen and oxygen atoms in total. The number of carbonyl (C=O) groups is 1. The molecule has 146 valence electrons. The summed E-state index contributed by atoms with van der Waals surface area (Å²) < 4.78 is 5.79. The monoisotopic (exact) mass is 403 g/mol. The highest BCUT2D eigenvalue weighted by atomic mass is 32.1. The third-order valence-corrected chi connectivity index (χ3v) is 5.96. The summed E-state index contributed by atoms with van der Waals surface area (Å²) in [5, 5.41) is 3.96. The van der Waals surface area contributed by atoms with Crippen molar-refractivity contribution in [3.8, 4) is 5.88 Å². The lowest BCUT2D eigenvalue weighted by atomic mass is 9.99. The summed E-state index contributed by atoms with van der Waals surface area (Å²) in [4.78, 5) is 23.3. The van der Waals surface area contributed by atoms with E-state index in [1.807, 2.05) is 74.5 Å². The molecule has 4 aromatic rings. The van der Waals surface area contributed by atoms with Crippen LogP contribution in [-0.4, -0.2) is 22.5 Å². The van der Waals surface area contributed by atoms with E-state index in [0.29, 0.717) is 5.88 Å². The molecule has 0 spiro atoms. The number of aromatic nitrogens is 2. The normalized spacial score (nSPS) is 11.0. The van der Waals surface area contributed by atoms with E-state index in [0.717, 1.165) is 26.9 Å². The summed E-state index contributed by atoms with van der Waals surface area (Å²) in [6.07, 6.45) is 1.47. The molecular formula is C23H21N3O2S. The Morgan fingerprint density at radius 1 is 1.00 bits per heavy atom. The highest BCUT2D eigenvalue weighted by Crippen LogP contribution is 2.33. The zero-order valence-corrected chi connectivity index (χ0v) is 17.1. The zero-order chi connectivity index (χ0) is 20.2. The average Bonchev–Trinajstić information content (AvgIpc) is 3.06. The molecule has 0 bridgehead atoms. The van der Waals surface area contributed by atoms with Gasteiger partial charge in [0.05, 0.1) is 11.4 Å². The summed E-state index contributed by atoms with van der Waals surface area (Å²) in [6, 6.07) is 19.6. The van der Waals surface area contributed by atoms with E-state index < -0.39 is 0 Å². The van der Waals surface area contributed by atoms with E-state index >= 15 is 0 Å². The van der Waals surface area contributed by atoms with Crippen LogP contribution < -0.4 is 10.1 Å². The van der Waals surface area contributed by atoms with Gasteiger partial charge in [-0.05, 0) is 30.5 Å². The largest absolute Gasteiger partial charge is 0.467 e. The fourth-order valence-corrected chi connectivity index (χ4v) is 4.23. The van der Waals surface area contributed by atoms with Crippen LogP contribution in [0.4, 0.5) is 0 Å². The molecule has 0 saturated heterocycles. The average molecular weight is 404 g/mol. The van der Waals surface area contributed by atoms with Crippen LogP contribution in [-0.2, 0) is 4.79 Å². The molecule has 0 unspecified atom stereocenters. The second-order valence-corrected chi connectivity index (χ2v) is 7.96. The molecule has 6 heteroatoms. The Hall–Kier alpha value is -3.25. The van der Waals surface area contributed by atoms with Crippen molar-refractivity contribution in [1.82, 2.24) is 15.3 Å². The van der Waals surface area contributed by atoms with Crippen molar-refractivity contribution in [1.29, 1.82) is 0 Å². The maximum atomic E-state index is 12.7. The Balaban J connectivity index is 1.52. The third-order valence-electron chi connectivity index (χ3n) is 4.84. The van der Waals surface area contributed by atoms with Gasteiger partial charge in [-0.3, -0.25) is 4.79 Å². The number of rotatable bonds is 6. The van der Waals surface area contributed by atoms with Crippen molar-refractivity contribution >= 4 is 27.5 Å². The van der Waals surface area contributed by atoms with Gasteiger partial charge in [0.25, 0.3) is 5.91 Å². The van der Waals surface area contributed by atoms with Crippen LogP contribution >= 0.6 is 11.3 Å². The van der Waals surface area contributed by atoms with E-state index in [4.69, 9.17) is 4.74 Å². The lowest BCUT2D eigenvalue weighted by Crippen LogP contribution is -2.33. The quantitative estimate of drug-likeness (QED) is 0.511. The van der Waals surface area contributed by atoms with Crippen LogP contribution in [0.25, 0.3) is 10.2 Å². The number of thiophene rings is 1. The summed E-state index contributed by atoms with van der Waals surface area (Å²) in [5.41, 5.74) is 3.12. The lowest BCUT2D eigenvalue weighted by Gasteiger charge is -2.20. The first-order valence-electron chi connectivity index (χ1n) is 9.36. The molecule has 0 aliphatic carbocycles. The first kappa shape index (κ1) is 19.1. The van der Waals surface area contributed by atoms with Gasteiger partial charge >= 0.3 is 0 Å². The molecule has 1 amide bonds. The van der Waals surface area contributed by atoms with Gasteiger partial charge in [-0.2, -0.15) is 0 Å². The molecule has 0 saturated carbocycles. The highest BCUT2D eigenvalue weighted by Gasteiger charge is 2.18. The van der Waals surface area contributed by atoms with Gasteiger partial charge in [0, 0.05) is 4.88 Å². The lowest BCUT2D eigenvalue weighted by molar-refractivity contribution is -0.123. The van der Waals surface area contributed by atoms with Crippen molar-refractivity contribution in [3.63, 3.8) is 0 Å². The van der Waals surface area contributed by atoms with Crippen LogP contribution in [0.5, 0.6) is 5.88 Å². The number of amides is 1. The van der Waals surface area contributed by atoms with Gasteiger partial charge in [-0.15, -0.1) is 11.3 Å². The second-order valence-electron chi connectivity index (χ2n) is 6.75. The van der Waals surface area contributed by atoms with Crippen molar-refractivity contribution < 1.29 is 9.53 Å². The molecule has 2 aromatic heterocycles. The number of ether oxygens (including phenoxy) is 1. The van der Waals surface area contributed by atoms with Gasteiger partial charge in [-0.1, -0.05) is 60.7 Å². The molecule has 0 aliphatic heterocycles. The number of hydrogen-bond donors (Lipinski definition) is 1. The number of carbonyl (C=O) groups excluding carboxylic acids is 1. The maximum absolute atomic E-state index is 12.7. The van der Waals surface area contributed by atoms with Crippen molar-refractivity contribution in [2.45, 2.75) is 19.9 Å². The number of benzene rings is 2. The topological polar surface area (TPSA) is 64.1 Å². The number of hydrogen-bond acceptors (Lipinski definition) is 5. The Bertz CT molecular complexity index is 1090. The number of nitrogens with zero attached hydrogens (tertiary/aromatic N) is 2.